The molecule has 0 bridgehead atoms. The smallest absolute Gasteiger partial charge is 0.231 e. The lowest BCUT2D eigenvalue weighted by atomic mass is 9.86. The summed E-state index contributed by atoms with van der Waals surface area (Å²) < 4.78 is 21.8. The molecular weight excluding hydrogens is 330 g/mol. The summed E-state index contributed by atoms with van der Waals surface area (Å²) in [6, 6.07) is 6.25. The Bertz CT molecular complexity index is 750. The summed E-state index contributed by atoms with van der Waals surface area (Å²) in [5.41, 5.74) is 3.43. The Hall–Kier alpha value is -2.40. The minimum absolute atomic E-state index is 0.107. The minimum Gasteiger partial charge on any atom is -0.498 e. The quantitative estimate of drug-likeness (QED) is 0.739. The van der Waals surface area contributed by atoms with E-state index in [4.69, 9.17) is 18.9 Å². The maximum Gasteiger partial charge on any atom is 0.231 e. The second kappa shape index (κ2) is 7.87. The first kappa shape index (κ1) is 18.4. The number of allylic oxidation sites excluding steroid dienone is 2. The van der Waals surface area contributed by atoms with Crippen molar-refractivity contribution in [1.82, 2.24) is 4.90 Å². The Labute approximate surface area is 155 Å². The van der Waals surface area contributed by atoms with Crippen molar-refractivity contribution in [3.63, 3.8) is 0 Å². The first-order valence-corrected chi connectivity index (χ1v) is 8.91. The van der Waals surface area contributed by atoms with Gasteiger partial charge >= 0.3 is 0 Å². The summed E-state index contributed by atoms with van der Waals surface area (Å²) in [7, 11) is 3.31. The van der Waals surface area contributed by atoms with Crippen LogP contribution in [0.15, 0.2) is 53.5 Å². The zero-order valence-corrected chi connectivity index (χ0v) is 16.0. The molecule has 0 aromatic heterocycles. The van der Waals surface area contributed by atoms with E-state index in [0.717, 1.165) is 53.7 Å². The molecule has 1 fully saturated rings. The number of hydrogen-bond donors (Lipinski definition) is 0. The van der Waals surface area contributed by atoms with Gasteiger partial charge in [-0.05, 0) is 54.8 Å². The Morgan fingerprint density at radius 3 is 2.73 bits per heavy atom. The summed E-state index contributed by atoms with van der Waals surface area (Å²) in [6.07, 6.45) is 2.98. The van der Waals surface area contributed by atoms with Crippen LogP contribution in [0.2, 0.25) is 0 Å². The van der Waals surface area contributed by atoms with E-state index in [2.05, 4.69) is 30.5 Å². The average molecular weight is 357 g/mol. The van der Waals surface area contributed by atoms with Crippen LogP contribution in [0.1, 0.15) is 31.9 Å². The van der Waals surface area contributed by atoms with Crippen LogP contribution in [0.25, 0.3) is 0 Å². The number of likely N-dealkylation sites (tertiary alicyclic amines) is 1. The van der Waals surface area contributed by atoms with Crippen molar-refractivity contribution in [2.45, 2.75) is 26.3 Å². The molecule has 0 N–H and O–H groups in total. The fourth-order valence-electron chi connectivity index (χ4n) is 3.51. The van der Waals surface area contributed by atoms with Crippen molar-refractivity contribution in [1.29, 1.82) is 0 Å². The van der Waals surface area contributed by atoms with Gasteiger partial charge < -0.3 is 18.9 Å². The lowest BCUT2D eigenvalue weighted by Gasteiger charge is -2.38. The molecule has 5 heteroatoms. The maximum atomic E-state index is 5.56. The molecular formula is C21H27NO4. The molecule has 1 unspecified atom stereocenters. The van der Waals surface area contributed by atoms with Gasteiger partial charge in [-0.2, -0.15) is 0 Å². The summed E-state index contributed by atoms with van der Waals surface area (Å²) in [5.74, 6) is 3.09. The van der Waals surface area contributed by atoms with Crippen molar-refractivity contribution in [3.05, 3.63) is 59.1 Å². The van der Waals surface area contributed by atoms with E-state index in [1.807, 2.05) is 19.1 Å². The van der Waals surface area contributed by atoms with Crippen molar-refractivity contribution < 1.29 is 18.9 Å². The second-order valence-corrected chi connectivity index (χ2v) is 6.42. The van der Waals surface area contributed by atoms with Gasteiger partial charge in [-0.15, -0.1) is 0 Å². The van der Waals surface area contributed by atoms with Crippen molar-refractivity contribution in [2.24, 2.45) is 0 Å². The van der Waals surface area contributed by atoms with E-state index in [0.29, 0.717) is 0 Å². The van der Waals surface area contributed by atoms with Crippen LogP contribution in [0.3, 0.4) is 0 Å². The number of benzene rings is 1. The third-order valence-corrected chi connectivity index (χ3v) is 5.07. The maximum absolute atomic E-state index is 5.56. The van der Waals surface area contributed by atoms with Crippen molar-refractivity contribution in [3.8, 4) is 11.5 Å². The number of rotatable bonds is 5. The fraction of sp³-hybridized carbons (Fsp3) is 0.429. The van der Waals surface area contributed by atoms with Gasteiger partial charge in [0.1, 0.15) is 5.76 Å². The molecule has 1 aromatic carbocycles. The molecule has 26 heavy (non-hydrogen) atoms. The third-order valence-electron chi connectivity index (χ3n) is 5.07. The van der Waals surface area contributed by atoms with Crippen molar-refractivity contribution >= 4 is 0 Å². The highest BCUT2D eigenvalue weighted by molar-refractivity contribution is 5.50. The summed E-state index contributed by atoms with van der Waals surface area (Å²) >= 11 is 0. The van der Waals surface area contributed by atoms with Gasteiger partial charge in [-0.1, -0.05) is 19.6 Å². The molecule has 2 heterocycles. The third kappa shape index (κ3) is 3.44. The van der Waals surface area contributed by atoms with Gasteiger partial charge in [-0.3, -0.25) is 4.90 Å². The van der Waals surface area contributed by atoms with Gasteiger partial charge in [0.05, 0.1) is 20.3 Å². The number of hydrogen-bond acceptors (Lipinski definition) is 5. The number of nitrogens with zero attached hydrogens (tertiary/aromatic N) is 1. The van der Waals surface area contributed by atoms with Crippen LogP contribution < -0.4 is 9.47 Å². The topological polar surface area (TPSA) is 40.2 Å². The monoisotopic (exact) mass is 357 g/mol. The van der Waals surface area contributed by atoms with Crippen LogP contribution in [0.4, 0.5) is 0 Å². The summed E-state index contributed by atoms with van der Waals surface area (Å²) in [5, 5.41) is 0. The lowest BCUT2D eigenvalue weighted by molar-refractivity contribution is 0.173. The Balaban J connectivity index is 1.96. The zero-order chi connectivity index (χ0) is 18.7. The Kier molecular flexibility index (Phi) is 5.57. The predicted molar refractivity (Wildman–Crippen MR) is 101 cm³/mol. The number of ether oxygens (including phenoxy) is 4. The van der Waals surface area contributed by atoms with Crippen LogP contribution in [0, 0.1) is 0 Å². The molecule has 2 aliphatic heterocycles. The lowest BCUT2D eigenvalue weighted by Crippen LogP contribution is -2.35. The van der Waals surface area contributed by atoms with Gasteiger partial charge in [0.2, 0.25) is 6.79 Å². The zero-order valence-electron chi connectivity index (χ0n) is 16.0. The standard InChI is InChI=1S/C21H27NO4/c1-6-22-10-9-16(11-19(24-5)15(3)23-4)14(2)21(22)17-7-8-18-20(12-17)26-13-25-18/h7-8,11-12,21H,2,6,9-10,13H2,1,3-5H3. The largest absolute Gasteiger partial charge is 0.498 e. The van der Waals surface area contributed by atoms with E-state index in [9.17, 15) is 0 Å². The predicted octanol–water partition coefficient (Wildman–Crippen LogP) is 4.19. The van der Waals surface area contributed by atoms with E-state index in [-0.39, 0.29) is 12.8 Å². The molecule has 5 nitrogen and oxygen atoms in total. The Morgan fingerprint density at radius 2 is 2.04 bits per heavy atom. The molecule has 3 rings (SSSR count). The van der Waals surface area contributed by atoms with Gasteiger partial charge in [0, 0.05) is 6.54 Å². The second-order valence-electron chi connectivity index (χ2n) is 6.42. The van der Waals surface area contributed by atoms with Gasteiger partial charge in [0.15, 0.2) is 17.3 Å². The highest BCUT2D eigenvalue weighted by Gasteiger charge is 2.30. The first-order chi connectivity index (χ1) is 12.6. The summed E-state index contributed by atoms with van der Waals surface area (Å²) in [6.45, 7) is 10.7. The molecule has 0 radical (unpaired) electrons. The van der Waals surface area contributed by atoms with Crippen LogP contribution >= 0.6 is 0 Å². The number of methoxy groups -OCH3 is 2. The van der Waals surface area contributed by atoms with Crippen molar-refractivity contribution in [2.75, 3.05) is 34.1 Å². The average Bonchev–Trinajstić information content (AvgIpc) is 3.13. The van der Waals surface area contributed by atoms with E-state index in [1.54, 1.807) is 14.2 Å². The Morgan fingerprint density at radius 1 is 1.27 bits per heavy atom. The van der Waals surface area contributed by atoms with Crippen LogP contribution in [-0.2, 0) is 9.47 Å². The number of piperidine rings is 1. The molecule has 0 saturated carbocycles. The molecule has 1 aromatic rings. The van der Waals surface area contributed by atoms with Crippen LogP contribution in [-0.4, -0.2) is 39.0 Å². The van der Waals surface area contributed by atoms with E-state index >= 15 is 0 Å². The van der Waals surface area contributed by atoms with E-state index < -0.39 is 0 Å². The fourth-order valence-corrected chi connectivity index (χ4v) is 3.51. The molecule has 0 spiro atoms. The summed E-state index contributed by atoms with van der Waals surface area (Å²) in [4.78, 5) is 2.43. The van der Waals surface area contributed by atoms with Gasteiger partial charge in [-0.25, -0.2) is 0 Å². The molecule has 0 amide bonds. The number of fused-ring (bicyclic) bond motifs is 1. The highest BCUT2D eigenvalue weighted by Crippen LogP contribution is 2.42. The normalized spacial score (nSPS) is 22.4. The molecule has 2 aliphatic rings. The number of likely N-dealkylation sites (N-methyl/N-ethyl adjacent to an activating group) is 1. The van der Waals surface area contributed by atoms with Gasteiger partial charge in [0.25, 0.3) is 0 Å². The van der Waals surface area contributed by atoms with Crippen LogP contribution in [0.5, 0.6) is 11.5 Å². The highest BCUT2D eigenvalue weighted by atomic mass is 16.7. The molecule has 1 atom stereocenters. The molecule has 0 aliphatic carbocycles. The minimum atomic E-state index is 0.107. The molecule has 1 saturated heterocycles. The van der Waals surface area contributed by atoms with E-state index in [1.165, 1.54) is 5.57 Å². The molecule has 140 valence electrons. The SMILES string of the molecule is C=C1C(=CC(OC)=C(C)OC)CCN(CC)C1c1ccc2c(c1)OCO2. The first-order valence-electron chi connectivity index (χ1n) is 8.91.